The van der Waals surface area contributed by atoms with E-state index in [4.69, 9.17) is 9.26 Å². The van der Waals surface area contributed by atoms with E-state index in [-0.39, 0.29) is 42.9 Å². The molecular weight excluding hydrogens is 722 g/mol. The van der Waals surface area contributed by atoms with E-state index in [0.717, 1.165) is 12.8 Å². The smallest absolute Gasteiger partial charge is 0.274 e. The van der Waals surface area contributed by atoms with Crippen molar-refractivity contribution in [3.05, 3.63) is 58.9 Å². The summed E-state index contributed by atoms with van der Waals surface area (Å²) in [5, 5.41) is 8.90. The molecule has 54 heavy (non-hydrogen) atoms. The summed E-state index contributed by atoms with van der Waals surface area (Å²) in [6.45, 7) is 5.14. The van der Waals surface area contributed by atoms with Crippen molar-refractivity contribution in [1.29, 1.82) is 0 Å². The minimum atomic E-state index is -3.92. The molecule has 3 fully saturated rings. The highest BCUT2D eigenvalue weighted by Crippen LogP contribution is 2.46. The van der Waals surface area contributed by atoms with Gasteiger partial charge in [-0.1, -0.05) is 37.1 Å². The zero-order valence-corrected chi connectivity index (χ0v) is 31.2. The molecule has 5 atom stereocenters. The predicted octanol–water partition coefficient (Wildman–Crippen LogP) is 3.09. The Balaban J connectivity index is 1.21. The molecule has 2 aliphatic carbocycles. The molecule has 2 aromatic heterocycles. The minimum Gasteiger partial charge on any atom is -0.471 e. The van der Waals surface area contributed by atoms with Crippen molar-refractivity contribution in [3.8, 4) is 5.88 Å². The average Bonchev–Trinajstić information content (AvgIpc) is 4.04. The maximum atomic E-state index is 14.6. The van der Waals surface area contributed by atoms with Gasteiger partial charge in [-0.15, -0.1) is 0 Å². The van der Waals surface area contributed by atoms with Gasteiger partial charge in [-0.3, -0.25) is 23.9 Å². The third-order valence-electron chi connectivity index (χ3n) is 10.8. The summed E-state index contributed by atoms with van der Waals surface area (Å²) < 4.78 is 53.5. The molecule has 1 aromatic carbocycles. The first-order valence-electron chi connectivity index (χ1n) is 18.5. The van der Waals surface area contributed by atoms with E-state index in [2.05, 4.69) is 30.5 Å². The molecule has 0 unspecified atom stereocenters. The number of nitrogens with one attached hydrogen (secondary N) is 3. The number of ether oxygens (including phenoxy) is 1. The van der Waals surface area contributed by atoms with Gasteiger partial charge in [0.05, 0.1) is 22.8 Å². The largest absolute Gasteiger partial charge is 0.471 e. The molecular formula is C37H44FN7O8S. The van der Waals surface area contributed by atoms with Crippen molar-refractivity contribution in [2.24, 2.45) is 5.92 Å². The van der Waals surface area contributed by atoms with E-state index < -0.39 is 74.4 Å². The summed E-state index contributed by atoms with van der Waals surface area (Å²) in [4.78, 5) is 66.6. The van der Waals surface area contributed by atoms with Crippen LogP contribution in [0.5, 0.6) is 5.88 Å². The molecule has 4 heterocycles. The van der Waals surface area contributed by atoms with E-state index in [1.165, 1.54) is 23.1 Å². The zero-order chi connectivity index (χ0) is 38.4. The Hall–Kier alpha value is -4.93. The van der Waals surface area contributed by atoms with Crippen LogP contribution in [0.3, 0.4) is 0 Å². The van der Waals surface area contributed by atoms with Crippen molar-refractivity contribution in [3.63, 3.8) is 0 Å². The minimum absolute atomic E-state index is 0.0234. The van der Waals surface area contributed by atoms with Crippen molar-refractivity contribution >= 4 is 44.7 Å². The maximum absolute atomic E-state index is 14.6. The number of amides is 4. The van der Waals surface area contributed by atoms with Gasteiger partial charge in [0.15, 0.2) is 5.69 Å². The molecule has 2 aliphatic heterocycles. The second-order valence-electron chi connectivity index (χ2n) is 14.7. The highest BCUT2D eigenvalue weighted by atomic mass is 32.2. The lowest BCUT2D eigenvalue weighted by molar-refractivity contribution is -0.141. The molecule has 7 rings (SSSR count). The lowest BCUT2D eigenvalue weighted by Gasteiger charge is -2.29. The number of carbonyl (C=O) groups is 4. The summed E-state index contributed by atoms with van der Waals surface area (Å²) in [5.74, 6) is -2.99. The molecule has 0 bridgehead atoms. The molecule has 288 valence electrons. The van der Waals surface area contributed by atoms with Gasteiger partial charge in [0.2, 0.25) is 27.7 Å². The standard InChI is InChI=1S/C37H44FN7O8S/c1-4-26-34(41-29-16-23(38)12-15-27(29)39-26)52-24-17-30-32(46)42-37(36(49)44-54(50,51)25-13-14-25)18-22(37)10-8-6-5-7-9-11-28(35(48)45(30)19-24)40-33(47)31-20(2)21(3)53-43-31/h8,10,12,15-16,22,24-25,28,30H,4-7,9,11,13-14,17-19H2,1-3H3,(H,40,47)(H,42,46)(H,44,49)/t22-,24-,28+,30+,37-/m1/s1. The van der Waals surface area contributed by atoms with E-state index in [9.17, 15) is 32.0 Å². The van der Waals surface area contributed by atoms with Crippen LogP contribution >= 0.6 is 0 Å². The fourth-order valence-corrected chi connectivity index (χ4v) is 8.60. The Morgan fingerprint density at radius 1 is 1.11 bits per heavy atom. The molecule has 2 saturated carbocycles. The van der Waals surface area contributed by atoms with Crippen LogP contribution in [0, 0.1) is 25.6 Å². The summed E-state index contributed by atoms with van der Waals surface area (Å²) in [6.07, 6.45) is 7.50. The first-order chi connectivity index (χ1) is 25.8. The van der Waals surface area contributed by atoms with E-state index in [0.29, 0.717) is 54.6 Å². The van der Waals surface area contributed by atoms with Gasteiger partial charge < -0.3 is 24.8 Å². The third-order valence-corrected chi connectivity index (χ3v) is 12.6. The first kappa shape index (κ1) is 37.4. The van der Waals surface area contributed by atoms with Crippen LogP contribution in [-0.4, -0.2) is 87.6 Å². The molecule has 3 N–H and O–H groups in total. The molecule has 3 aromatic rings. The predicted molar refractivity (Wildman–Crippen MR) is 192 cm³/mol. The van der Waals surface area contributed by atoms with Crippen LogP contribution in [-0.2, 0) is 30.8 Å². The summed E-state index contributed by atoms with van der Waals surface area (Å²) in [7, 11) is -3.92. The number of sulfonamides is 1. The fraction of sp³-hybridized carbons (Fsp3) is 0.541. The summed E-state index contributed by atoms with van der Waals surface area (Å²) in [6, 6.07) is 1.83. The van der Waals surface area contributed by atoms with Crippen LogP contribution in [0.2, 0.25) is 0 Å². The number of allylic oxidation sites excluding steroid dienone is 1. The lowest BCUT2D eigenvalue weighted by atomic mass is 10.0. The monoisotopic (exact) mass is 765 g/mol. The molecule has 15 nitrogen and oxygen atoms in total. The van der Waals surface area contributed by atoms with E-state index >= 15 is 0 Å². The second kappa shape index (κ2) is 14.7. The number of fused-ring (bicyclic) bond motifs is 3. The number of benzene rings is 1. The normalized spacial score (nSPS) is 26.3. The number of hydrogen-bond donors (Lipinski definition) is 3. The van der Waals surface area contributed by atoms with Crippen molar-refractivity contribution in [1.82, 2.24) is 35.4 Å². The van der Waals surface area contributed by atoms with Gasteiger partial charge in [0.25, 0.3) is 11.8 Å². The Bertz CT molecular complexity index is 2140. The number of aryl methyl sites for hydroxylation is 2. The number of nitrogens with zero attached hydrogens (tertiary/aromatic N) is 4. The van der Waals surface area contributed by atoms with Crippen molar-refractivity contribution in [2.45, 2.75) is 114 Å². The lowest BCUT2D eigenvalue weighted by Crippen LogP contribution is -2.58. The van der Waals surface area contributed by atoms with Crippen molar-refractivity contribution in [2.75, 3.05) is 6.54 Å². The summed E-state index contributed by atoms with van der Waals surface area (Å²) in [5.41, 5.74) is 0.286. The van der Waals surface area contributed by atoms with E-state index in [1.807, 2.05) is 19.1 Å². The molecule has 1 saturated heterocycles. The number of aromatic nitrogens is 3. The second-order valence-corrected chi connectivity index (χ2v) is 16.7. The molecule has 0 spiro atoms. The van der Waals surface area contributed by atoms with Crippen LogP contribution < -0.4 is 20.1 Å². The highest BCUT2D eigenvalue weighted by Gasteiger charge is 2.62. The van der Waals surface area contributed by atoms with Crippen LogP contribution in [0.15, 0.2) is 34.9 Å². The number of hydrogen-bond acceptors (Lipinski definition) is 11. The van der Waals surface area contributed by atoms with E-state index in [1.54, 1.807) is 13.8 Å². The van der Waals surface area contributed by atoms with Gasteiger partial charge in [0.1, 0.15) is 41.0 Å². The quantitative estimate of drug-likeness (QED) is 0.285. The zero-order valence-electron chi connectivity index (χ0n) is 30.4. The van der Waals surface area contributed by atoms with Crippen LogP contribution in [0.4, 0.5) is 4.39 Å². The Morgan fingerprint density at radius 3 is 2.63 bits per heavy atom. The van der Waals surface area contributed by atoms with Gasteiger partial charge in [-0.05, 0) is 70.9 Å². The van der Waals surface area contributed by atoms with Crippen LogP contribution in [0.25, 0.3) is 11.0 Å². The molecule has 4 amide bonds. The number of rotatable bonds is 8. The average molecular weight is 766 g/mol. The number of carbonyl (C=O) groups excluding carboxylic acids is 4. The van der Waals surface area contributed by atoms with Crippen LogP contribution in [0.1, 0.15) is 92.2 Å². The highest BCUT2D eigenvalue weighted by molar-refractivity contribution is 7.91. The first-order valence-corrected chi connectivity index (χ1v) is 20.1. The SMILES string of the molecule is CCc1nc2ccc(F)cc2nc1O[C@@H]1C[C@H]2C(=O)N[C@]3(C(=O)NS(=O)(=O)C4CC4)C[C@H]3C=CCCCCC[C@H](NC(=O)c3noc(C)c3C)C(=O)N2C1. The Morgan fingerprint density at radius 2 is 1.91 bits per heavy atom. The van der Waals surface area contributed by atoms with Crippen molar-refractivity contribution < 1.29 is 41.2 Å². The summed E-state index contributed by atoms with van der Waals surface area (Å²) >= 11 is 0. The van der Waals surface area contributed by atoms with Gasteiger partial charge >= 0.3 is 0 Å². The van der Waals surface area contributed by atoms with Gasteiger partial charge in [-0.2, -0.15) is 0 Å². The Kier molecular flexibility index (Phi) is 10.2. The Labute approximate surface area is 311 Å². The molecule has 17 heteroatoms. The molecule has 0 radical (unpaired) electrons. The number of halogens is 1. The van der Waals surface area contributed by atoms with Gasteiger partial charge in [-0.25, -0.2) is 22.8 Å². The molecule has 4 aliphatic rings. The topological polar surface area (TPSA) is 203 Å². The fourth-order valence-electron chi connectivity index (χ4n) is 7.23. The van der Waals surface area contributed by atoms with Gasteiger partial charge in [0, 0.05) is 24.0 Å². The third kappa shape index (κ3) is 7.54. The maximum Gasteiger partial charge on any atom is 0.274 e.